The van der Waals surface area contributed by atoms with E-state index in [4.69, 9.17) is 0 Å². The van der Waals surface area contributed by atoms with Crippen molar-refractivity contribution in [3.8, 4) is 11.1 Å². The van der Waals surface area contributed by atoms with Gasteiger partial charge in [0.2, 0.25) is 0 Å². The maximum absolute atomic E-state index is 4.29. The van der Waals surface area contributed by atoms with Crippen molar-refractivity contribution >= 4 is 30.6 Å². The average molecular weight is 464 g/mol. The molecule has 0 amide bonds. The normalized spacial score (nSPS) is 11.4. The molecule has 0 spiro atoms. The van der Waals surface area contributed by atoms with Gasteiger partial charge in [-0.3, -0.25) is 0 Å². The van der Waals surface area contributed by atoms with Crippen molar-refractivity contribution in [3.05, 3.63) is 149 Å². The molecule has 0 heterocycles. The summed E-state index contributed by atoms with van der Waals surface area (Å²) in [6.07, 6.45) is 9.39. The Balaban J connectivity index is 1.45. The van der Waals surface area contributed by atoms with Gasteiger partial charge in [-0.2, -0.15) is 0 Å². The van der Waals surface area contributed by atoms with Crippen LogP contribution < -0.4 is 0 Å². The van der Waals surface area contributed by atoms with E-state index in [0.29, 0.717) is 0 Å². The summed E-state index contributed by atoms with van der Waals surface area (Å²) in [5.41, 5.74) is 12.2. The fourth-order valence-electron chi connectivity index (χ4n) is 4.29. The van der Waals surface area contributed by atoms with Crippen LogP contribution in [0.4, 0.5) is 0 Å². The molecule has 0 aliphatic carbocycles. The van der Waals surface area contributed by atoms with Gasteiger partial charge in [-0.05, 0) is 0 Å². The maximum atomic E-state index is 4.29. The Kier molecular flexibility index (Phi) is 8.47. The predicted octanol–water partition coefficient (Wildman–Crippen LogP) is 8.78. The minimum absolute atomic E-state index is 0.878. The summed E-state index contributed by atoms with van der Waals surface area (Å²) in [6.45, 7) is 12.9. The molecule has 176 valence electrons. The molecule has 0 aromatic heterocycles. The molecule has 0 bridgehead atoms. The van der Waals surface area contributed by atoms with E-state index in [0.717, 1.165) is 17.5 Å². The van der Waals surface area contributed by atoms with E-state index in [2.05, 4.69) is 156 Å². The topological polar surface area (TPSA) is 0 Å². The van der Waals surface area contributed by atoms with Crippen molar-refractivity contribution in [2.45, 2.75) is 27.1 Å². The summed E-state index contributed by atoms with van der Waals surface area (Å²) in [5, 5.41) is 0. The van der Waals surface area contributed by atoms with Crippen molar-refractivity contribution < 1.29 is 0 Å². The molecule has 0 saturated heterocycles. The number of benzene rings is 4. The summed E-state index contributed by atoms with van der Waals surface area (Å²) in [4.78, 5) is 0. The van der Waals surface area contributed by atoms with Crippen molar-refractivity contribution in [2.75, 3.05) is 0 Å². The second-order valence-corrected chi connectivity index (χ2v) is 9.22. The van der Waals surface area contributed by atoms with Crippen LogP contribution in [0.1, 0.15) is 45.9 Å². The molecule has 0 atom stereocenters. The molecule has 0 N–H and O–H groups in total. The Labute approximate surface area is 217 Å². The second-order valence-electron chi connectivity index (χ2n) is 9.22. The summed E-state index contributed by atoms with van der Waals surface area (Å²) in [5.74, 6) is 2.21. The summed E-state index contributed by atoms with van der Waals surface area (Å²) in [7, 11) is 0. The molecule has 36 heavy (non-hydrogen) atoms. The average Bonchev–Trinajstić information content (AvgIpc) is 2.90. The van der Waals surface area contributed by atoms with Gasteiger partial charge >= 0.3 is 218 Å². The van der Waals surface area contributed by atoms with E-state index in [9.17, 15) is 0 Å². The zero-order chi connectivity index (χ0) is 25.3. The van der Waals surface area contributed by atoms with Crippen LogP contribution in [0.2, 0.25) is 0 Å². The quantitative estimate of drug-likeness (QED) is 0.181. The van der Waals surface area contributed by atoms with Crippen LogP contribution in [0.3, 0.4) is 0 Å². The van der Waals surface area contributed by atoms with Gasteiger partial charge in [0.05, 0.1) is 0 Å². The number of rotatable bonds is 8. The van der Waals surface area contributed by atoms with Crippen LogP contribution in [0, 0.1) is 13.8 Å². The van der Waals surface area contributed by atoms with Crippen LogP contribution >= 0.6 is 0 Å². The van der Waals surface area contributed by atoms with Crippen LogP contribution in [-0.2, 0) is 6.32 Å². The fraction of sp³-hybridized carbons (Fsp3) is 0.114. The van der Waals surface area contributed by atoms with Crippen molar-refractivity contribution in [1.82, 2.24) is 0 Å². The second kappa shape index (κ2) is 12.1. The molecule has 4 aromatic rings. The van der Waals surface area contributed by atoms with Gasteiger partial charge in [0.25, 0.3) is 0 Å². The third kappa shape index (κ3) is 6.58. The van der Waals surface area contributed by atoms with Gasteiger partial charge in [-0.15, -0.1) is 0 Å². The van der Waals surface area contributed by atoms with Crippen LogP contribution in [0.5, 0.6) is 0 Å². The number of hydrogen-bond acceptors (Lipinski definition) is 0. The molecule has 4 rings (SSSR count). The van der Waals surface area contributed by atoms with Gasteiger partial charge in [0, 0.05) is 0 Å². The molecule has 0 aliphatic heterocycles. The standard InChI is InChI=1S/C35H33B/c1-5-10-32-23-35(20-18-27(32)3)34-16-9-13-30(22-34)25-36-24-29-12-8-15-33(21-29)28(4)17-19-31-14-7-6-11-26(31)2/h5-23,25H,4,24H2,1-3H3/b10-5-,19-17-. The minimum atomic E-state index is 0.878. The van der Waals surface area contributed by atoms with E-state index in [1.54, 1.807) is 0 Å². The van der Waals surface area contributed by atoms with Gasteiger partial charge in [-0.1, -0.05) is 0 Å². The molecule has 0 unspecified atom stereocenters. The monoisotopic (exact) mass is 464 g/mol. The predicted molar refractivity (Wildman–Crippen MR) is 162 cm³/mol. The summed E-state index contributed by atoms with van der Waals surface area (Å²) < 4.78 is 0. The van der Waals surface area contributed by atoms with Gasteiger partial charge in [0.15, 0.2) is 0 Å². The first-order valence-corrected chi connectivity index (χ1v) is 12.6. The molecule has 0 radical (unpaired) electrons. The summed E-state index contributed by atoms with van der Waals surface area (Å²) in [6, 6.07) is 32.5. The van der Waals surface area contributed by atoms with Crippen molar-refractivity contribution in [3.63, 3.8) is 0 Å². The Hall–Kier alpha value is -3.97. The number of allylic oxidation sites excluding steroid dienone is 3. The molecule has 0 nitrogen and oxygen atoms in total. The van der Waals surface area contributed by atoms with Crippen LogP contribution in [-0.4, -0.2) is 12.9 Å². The van der Waals surface area contributed by atoms with Crippen molar-refractivity contribution in [1.29, 1.82) is 0 Å². The summed E-state index contributed by atoms with van der Waals surface area (Å²) >= 11 is 0. The van der Waals surface area contributed by atoms with Gasteiger partial charge < -0.3 is 0 Å². The number of hydrogen-bond donors (Lipinski definition) is 0. The zero-order valence-corrected chi connectivity index (χ0v) is 21.5. The van der Waals surface area contributed by atoms with E-state index in [-0.39, 0.29) is 0 Å². The van der Waals surface area contributed by atoms with E-state index in [1.165, 1.54) is 44.5 Å². The molecule has 0 aliphatic rings. The molecule has 0 saturated carbocycles. The molecule has 4 aromatic carbocycles. The van der Waals surface area contributed by atoms with E-state index < -0.39 is 0 Å². The Morgan fingerprint density at radius 2 is 1.53 bits per heavy atom. The van der Waals surface area contributed by atoms with E-state index in [1.807, 2.05) is 0 Å². The van der Waals surface area contributed by atoms with Gasteiger partial charge in [-0.25, -0.2) is 0 Å². The molecule has 1 heteroatoms. The Bertz CT molecular complexity index is 1450. The third-order valence-corrected chi connectivity index (χ3v) is 6.46. The van der Waals surface area contributed by atoms with Crippen LogP contribution in [0.15, 0.2) is 110 Å². The SMILES string of the molecule is C=C(/C=C\c1ccccc1C)c1cccc(CB=Cc2cccc(-c3ccc(C)c(/C=C\C)c3)c2)c1. The first kappa shape index (κ1) is 25.1. The Morgan fingerprint density at radius 1 is 0.750 bits per heavy atom. The van der Waals surface area contributed by atoms with Gasteiger partial charge in [0.1, 0.15) is 0 Å². The molecule has 0 fully saturated rings. The first-order valence-electron chi connectivity index (χ1n) is 12.6. The van der Waals surface area contributed by atoms with Crippen LogP contribution in [0.25, 0.3) is 28.9 Å². The van der Waals surface area contributed by atoms with E-state index >= 15 is 0 Å². The molecular weight excluding hydrogens is 431 g/mol. The first-order chi connectivity index (χ1) is 17.5. The molecular formula is C35H33B. The zero-order valence-electron chi connectivity index (χ0n) is 21.5. The van der Waals surface area contributed by atoms with Crippen molar-refractivity contribution in [2.24, 2.45) is 0 Å². The number of aryl methyl sites for hydroxylation is 2. The third-order valence-electron chi connectivity index (χ3n) is 6.46. The Morgan fingerprint density at radius 3 is 2.36 bits per heavy atom. The fourth-order valence-corrected chi connectivity index (χ4v) is 4.29.